The summed E-state index contributed by atoms with van der Waals surface area (Å²) in [5.74, 6) is -0.757. The zero-order valence-corrected chi connectivity index (χ0v) is 25.6. The van der Waals surface area contributed by atoms with E-state index in [9.17, 15) is 9.90 Å². The molecule has 7 nitrogen and oxygen atoms in total. The van der Waals surface area contributed by atoms with E-state index in [1.165, 1.54) is 0 Å². The summed E-state index contributed by atoms with van der Waals surface area (Å²) >= 11 is 2.24. The number of aromatic nitrogens is 3. The largest absolute Gasteiger partial charge is 0.395 e. The second-order valence-electron chi connectivity index (χ2n) is 11.0. The van der Waals surface area contributed by atoms with E-state index in [-0.39, 0.29) is 29.9 Å². The van der Waals surface area contributed by atoms with Crippen LogP contribution in [-0.2, 0) is 21.7 Å². The number of aliphatic hydroxyl groups is 1. The van der Waals surface area contributed by atoms with Gasteiger partial charge in [-0.2, -0.15) is 0 Å². The number of nitrogens with zero attached hydrogens (tertiary/aromatic N) is 4. The highest BCUT2D eigenvalue weighted by Crippen LogP contribution is 2.60. The van der Waals surface area contributed by atoms with Crippen LogP contribution in [0.25, 0.3) is 0 Å². The van der Waals surface area contributed by atoms with Gasteiger partial charge in [-0.05, 0) is 65.9 Å². The van der Waals surface area contributed by atoms with E-state index in [1.807, 2.05) is 61.7 Å². The van der Waals surface area contributed by atoms with Crippen LogP contribution in [0.15, 0.2) is 67.4 Å². The maximum absolute atomic E-state index is 16.0. The van der Waals surface area contributed by atoms with Gasteiger partial charge >= 0.3 is 0 Å². The number of carbonyl (C=O) groups is 1. The number of carbonyl (C=O) groups excluding carboxylic acids is 1. The molecule has 2 aromatic carbocycles. The number of halogens is 2. The third-order valence-corrected chi connectivity index (χ3v) is 11.3. The van der Waals surface area contributed by atoms with Gasteiger partial charge in [0, 0.05) is 39.9 Å². The van der Waals surface area contributed by atoms with Gasteiger partial charge in [0.2, 0.25) is 8.41 Å². The molecule has 0 bridgehead atoms. The van der Waals surface area contributed by atoms with Gasteiger partial charge in [-0.15, -0.1) is 11.7 Å². The summed E-state index contributed by atoms with van der Waals surface area (Å²) in [6.45, 7) is 9.96. The number of aryl methyl sites for hydroxylation is 1. The Hall–Kier alpha value is -2.41. The molecule has 206 valence electrons. The highest BCUT2D eigenvalue weighted by molar-refractivity contribution is 14.1. The molecule has 1 spiro atoms. The molecule has 1 amide bonds. The SMILES string of the molecule is C=CCN1C(=O)[C@@]2(O[C@@H](CCn3cc(C(CO)c4ccccc4)nn3)[C@H]([Si](C)(C)F)[C@H]2C)c2cc(I)ccc21. The van der Waals surface area contributed by atoms with Gasteiger partial charge in [0.25, 0.3) is 5.91 Å². The molecule has 5 rings (SSSR count). The Bertz CT molecular complexity index is 1360. The Morgan fingerprint density at radius 2 is 2.03 bits per heavy atom. The lowest BCUT2D eigenvalue weighted by Gasteiger charge is -2.31. The maximum Gasteiger partial charge on any atom is 0.264 e. The molecule has 2 aliphatic heterocycles. The topological polar surface area (TPSA) is 80.5 Å². The molecule has 1 unspecified atom stereocenters. The molecular weight excluding hydrogens is 626 g/mol. The number of benzene rings is 2. The Labute approximate surface area is 243 Å². The van der Waals surface area contributed by atoms with Crippen molar-refractivity contribution >= 4 is 42.6 Å². The van der Waals surface area contributed by atoms with Crippen LogP contribution in [0.5, 0.6) is 0 Å². The monoisotopic (exact) mass is 660 g/mol. The van der Waals surface area contributed by atoms with Crippen molar-refractivity contribution in [3.05, 3.63) is 87.8 Å². The molecule has 1 fully saturated rings. The van der Waals surface area contributed by atoms with Crippen molar-refractivity contribution in [2.45, 2.75) is 56.1 Å². The molecular formula is C29H34FIN4O3Si. The van der Waals surface area contributed by atoms with Crippen molar-refractivity contribution < 1.29 is 18.7 Å². The molecule has 0 radical (unpaired) electrons. The van der Waals surface area contributed by atoms with Gasteiger partial charge in [-0.1, -0.05) is 48.5 Å². The number of aliphatic hydroxyl groups excluding tert-OH is 1. The van der Waals surface area contributed by atoms with Gasteiger partial charge in [-0.25, -0.2) is 0 Å². The molecule has 10 heteroatoms. The van der Waals surface area contributed by atoms with E-state index in [0.29, 0.717) is 25.2 Å². The fraction of sp³-hybridized carbons (Fsp3) is 0.414. The van der Waals surface area contributed by atoms with E-state index < -0.39 is 20.1 Å². The van der Waals surface area contributed by atoms with Crippen molar-refractivity contribution in [3.63, 3.8) is 0 Å². The van der Waals surface area contributed by atoms with Gasteiger partial charge < -0.3 is 18.9 Å². The summed E-state index contributed by atoms with van der Waals surface area (Å²) in [5.41, 5.74) is 1.65. The van der Waals surface area contributed by atoms with E-state index in [2.05, 4.69) is 39.5 Å². The summed E-state index contributed by atoms with van der Waals surface area (Å²) in [7, 11) is -3.25. The average Bonchev–Trinajstić information content (AvgIpc) is 3.55. The lowest BCUT2D eigenvalue weighted by atomic mass is 9.82. The van der Waals surface area contributed by atoms with Crippen LogP contribution in [-0.4, -0.2) is 53.7 Å². The first kappa shape index (κ1) is 28.1. The van der Waals surface area contributed by atoms with Gasteiger partial charge in [-0.3, -0.25) is 9.48 Å². The molecule has 2 aliphatic rings. The first-order chi connectivity index (χ1) is 18.6. The highest BCUT2D eigenvalue weighted by atomic mass is 127. The number of hydrogen-bond acceptors (Lipinski definition) is 5. The predicted molar refractivity (Wildman–Crippen MR) is 160 cm³/mol. The number of amides is 1. The van der Waals surface area contributed by atoms with E-state index >= 15 is 4.11 Å². The lowest BCUT2D eigenvalue weighted by Crippen LogP contribution is -2.45. The minimum absolute atomic E-state index is 0.0836. The van der Waals surface area contributed by atoms with E-state index in [4.69, 9.17) is 4.74 Å². The Balaban J connectivity index is 1.43. The molecule has 0 aliphatic carbocycles. The molecule has 3 aromatic rings. The molecule has 5 atom stereocenters. The van der Waals surface area contributed by atoms with Crippen LogP contribution >= 0.6 is 22.6 Å². The highest BCUT2D eigenvalue weighted by Gasteiger charge is 2.66. The van der Waals surface area contributed by atoms with Crippen molar-refractivity contribution in [1.82, 2.24) is 15.0 Å². The second-order valence-corrected chi connectivity index (χ2v) is 16.0. The standard InChI is InChI=1S/C29H34FIN4O3Si/c1-5-14-35-25-12-11-21(31)16-23(25)29(28(35)37)19(2)27(39(3,4)30)26(38-29)13-15-34-17-24(32-33-34)22(18-36)20-9-7-6-8-10-20/h5-12,16-17,19,22,26-27,36H,1,13-15,18H2,2-4H3/t19-,22?,26+,27-,29+/m1/s1. The molecule has 39 heavy (non-hydrogen) atoms. The third-order valence-electron chi connectivity index (χ3n) is 8.18. The van der Waals surface area contributed by atoms with Crippen LogP contribution in [0.3, 0.4) is 0 Å². The normalized spacial score (nSPS) is 25.3. The Morgan fingerprint density at radius 3 is 2.69 bits per heavy atom. The quantitative estimate of drug-likeness (QED) is 0.144. The van der Waals surface area contributed by atoms with E-state index in [0.717, 1.165) is 20.4 Å². The zero-order valence-electron chi connectivity index (χ0n) is 22.4. The molecule has 0 saturated carbocycles. The number of fused-ring (bicyclic) bond motifs is 2. The first-order valence-corrected chi connectivity index (χ1v) is 17.3. The van der Waals surface area contributed by atoms with Crippen molar-refractivity contribution in [3.8, 4) is 0 Å². The summed E-state index contributed by atoms with van der Waals surface area (Å²) in [4.78, 5) is 15.7. The second kappa shape index (κ2) is 10.9. The minimum atomic E-state index is -3.25. The smallest absolute Gasteiger partial charge is 0.264 e. The maximum atomic E-state index is 16.0. The fourth-order valence-electron chi connectivity index (χ4n) is 6.50. The lowest BCUT2D eigenvalue weighted by molar-refractivity contribution is -0.145. The molecule has 3 heterocycles. The molecule has 1 aromatic heterocycles. The van der Waals surface area contributed by atoms with Gasteiger partial charge in [0.15, 0.2) is 5.60 Å². The van der Waals surface area contributed by atoms with Crippen LogP contribution in [0.4, 0.5) is 9.80 Å². The summed E-state index contributed by atoms with van der Waals surface area (Å²) < 4.78 is 25.5. The van der Waals surface area contributed by atoms with Crippen molar-refractivity contribution in [2.24, 2.45) is 5.92 Å². The van der Waals surface area contributed by atoms with Gasteiger partial charge in [0.05, 0.1) is 30.0 Å². The third kappa shape index (κ3) is 4.89. The van der Waals surface area contributed by atoms with Crippen LogP contribution in [0.1, 0.15) is 36.1 Å². The number of ether oxygens (including phenoxy) is 1. The number of rotatable bonds is 9. The Morgan fingerprint density at radius 1 is 1.28 bits per heavy atom. The first-order valence-electron chi connectivity index (χ1n) is 13.3. The predicted octanol–water partition coefficient (Wildman–Crippen LogP) is 5.40. The van der Waals surface area contributed by atoms with Crippen molar-refractivity contribution in [2.75, 3.05) is 18.1 Å². The van der Waals surface area contributed by atoms with Gasteiger partial charge in [0.1, 0.15) is 0 Å². The minimum Gasteiger partial charge on any atom is -0.395 e. The zero-order chi connectivity index (χ0) is 27.9. The molecule has 1 N–H and O–H groups in total. The Kier molecular flexibility index (Phi) is 7.84. The number of anilines is 1. The summed E-state index contributed by atoms with van der Waals surface area (Å²) in [5, 5.41) is 18.6. The molecule has 1 saturated heterocycles. The summed E-state index contributed by atoms with van der Waals surface area (Å²) in [6, 6.07) is 15.6. The fourth-order valence-corrected chi connectivity index (χ4v) is 9.53. The van der Waals surface area contributed by atoms with Crippen LogP contribution < -0.4 is 4.90 Å². The van der Waals surface area contributed by atoms with Crippen LogP contribution in [0.2, 0.25) is 18.6 Å². The average molecular weight is 661 g/mol. The van der Waals surface area contributed by atoms with Crippen LogP contribution in [0, 0.1) is 9.49 Å². The number of hydrogen-bond donors (Lipinski definition) is 1. The van der Waals surface area contributed by atoms with Crippen molar-refractivity contribution in [1.29, 1.82) is 0 Å². The van der Waals surface area contributed by atoms with E-state index in [1.54, 1.807) is 28.8 Å². The summed E-state index contributed by atoms with van der Waals surface area (Å²) in [6.07, 6.45) is 3.57.